The zero-order valence-corrected chi connectivity index (χ0v) is 2.72. The van der Waals surface area contributed by atoms with E-state index >= 15 is 0 Å². The molecule has 0 saturated carbocycles. The van der Waals surface area contributed by atoms with Crippen LogP contribution in [0.5, 0.6) is 0 Å². The normalized spacial score (nSPS) is 1.00. The molecule has 0 aliphatic rings. The Labute approximate surface area is 35.1 Å². The molecule has 0 bridgehead atoms. The molecule has 0 aromatic heterocycles. The van der Waals surface area contributed by atoms with Gasteiger partial charge in [0.25, 0.3) is 0 Å². The Balaban J connectivity index is -0.0000000225. The van der Waals surface area contributed by atoms with Crippen molar-refractivity contribution in [3.05, 3.63) is 20.0 Å². The molecule has 0 saturated heterocycles. The van der Waals surface area contributed by atoms with Gasteiger partial charge in [-0.25, -0.2) is 0 Å². The van der Waals surface area contributed by atoms with Crippen molar-refractivity contribution in [2.45, 2.75) is 0 Å². The third kappa shape index (κ3) is 26.1. The second kappa shape index (κ2) is 71.9. The molecule has 0 aromatic rings. The van der Waals surface area contributed by atoms with Gasteiger partial charge in [-0.05, 0) is 0 Å². The molecule has 0 unspecified atom stereocenters. The average molecular weight is 84.0 g/mol. The van der Waals surface area contributed by atoms with Crippen LogP contribution in [0.15, 0.2) is 0 Å². The first kappa shape index (κ1) is 18.9. The summed E-state index contributed by atoms with van der Waals surface area (Å²) in [5.74, 6) is 0. The summed E-state index contributed by atoms with van der Waals surface area (Å²) >= 11 is 0. The Morgan fingerprint density at radius 1 is 0.500 bits per heavy atom. The van der Waals surface area contributed by atoms with E-state index in [9.17, 15) is 0 Å². The summed E-state index contributed by atoms with van der Waals surface area (Å²) in [4.78, 5) is 0. The molecule has 0 spiro atoms. The fourth-order valence-electron chi connectivity index (χ4n) is 0. The van der Waals surface area contributed by atoms with E-state index in [1.807, 2.05) is 0 Å². The van der Waals surface area contributed by atoms with Gasteiger partial charge in [-0.2, -0.15) is 0 Å². The molecule has 0 rings (SSSR count). The predicted octanol–water partition coefficient (Wildman–Crippen LogP) is -0.113. The maximum atomic E-state index is 7.50. The molecular weight excluding hydrogens is 84.0 g/mol. The summed E-state index contributed by atoms with van der Waals surface area (Å²) in [6, 6.07) is 0. The van der Waals surface area contributed by atoms with E-state index in [-0.39, 0.29) is 0 Å². The summed E-state index contributed by atoms with van der Waals surface area (Å²) in [6.07, 6.45) is 0. The van der Waals surface area contributed by atoms with Gasteiger partial charge >= 0.3 is 33.9 Å². The number of hydrogen-bond donors (Lipinski definition) is 0. The van der Waals surface area contributed by atoms with Gasteiger partial charge in [0.15, 0.2) is 0 Å². The quantitative estimate of drug-likeness (QED) is 0.290. The summed E-state index contributed by atoms with van der Waals surface area (Å²) in [5.41, 5.74) is 0. The van der Waals surface area contributed by atoms with Gasteiger partial charge in [0.2, 0.25) is 0 Å². The van der Waals surface area contributed by atoms with Crippen LogP contribution in [0.4, 0.5) is 0 Å². The molecule has 0 aliphatic carbocycles. The molecule has 3 heteroatoms. The third-order valence-electron chi connectivity index (χ3n) is 0. The van der Waals surface area contributed by atoms with Crippen LogP contribution in [-0.4, -0.2) is 0 Å². The van der Waals surface area contributed by atoms with Crippen LogP contribution >= 0.6 is 0 Å². The molecular formula is C3O3. The summed E-state index contributed by atoms with van der Waals surface area (Å²) in [5, 5.41) is 0. The molecule has 0 heterocycles. The van der Waals surface area contributed by atoms with Gasteiger partial charge < -0.3 is 0 Å². The standard InChI is InChI=1S/3CO/c3*1-2. The van der Waals surface area contributed by atoms with Gasteiger partial charge in [0, 0.05) is 0 Å². The second-order valence-electron chi connectivity index (χ2n) is 0. The van der Waals surface area contributed by atoms with Crippen molar-refractivity contribution in [2.24, 2.45) is 0 Å². The molecule has 0 N–H and O–H groups in total. The van der Waals surface area contributed by atoms with Crippen LogP contribution in [0.25, 0.3) is 0 Å². The molecule has 0 radical (unpaired) electrons. The maximum absolute atomic E-state index is 7.50. The van der Waals surface area contributed by atoms with Crippen molar-refractivity contribution in [2.75, 3.05) is 0 Å². The van der Waals surface area contributed by atoms with E-state index in [0.717, 1.165) is 0 Å². The van der Waals surface area contributed by atoms with E-state index < -0.39 is 0 Å². The van der Waals surface area contributed by atoms with Crippen LogP contribution in [0.2, 0.25) is 0 Å². The van der Waals surface area contributed by atoms with Gasteiger partial charge in [-0.1, -0.05) is 0 Å². The van der Waals surface area contributed by atoms with Crippen molar-refractivity contribution in [3.8, 4) is 0 Å². The van der Waals surface area contributed by atoms with Crippen molar-refractivity contribution < 1.29 is 14.0 Å². The molecule has 0 fully saturated rings. The van der Waals surface area contributed by atoms with Crippen LogP contribution in [-0.2, 0) is 14.0 Å². The first-order valence-corrected chi connectivity index (χ1v) is 0.612. The zero-order chi connectivity index (χ0) is 6.00. The Morgan fingerprint density at radius 3 is 0.500 bits per heavy atom. The Bertz CT molecular complexity index is 34.5. The van der Waals surface area contributed by atoms with Crippen molar-refractivity contribution in [1.82, 2.24) is 0 Å². The van der Waals surface area contributed by atoms with E-state index in [2.05, 4.69) is 20.0 Å². The van der Waals surface area contributed by atoms with Crippen molar-refractivity contribution in [1.29, 1.82) is 0 Å². The first-order chi connectivity index (χ1) is 3.00. The van der Waals surface area contributed by atoms with Crippen LogP contribution < -0.4 is 0 Å². The van der Waals surface area contributed by atoms with Gasteiger partial charge in [0.05, 0.1) is 0 Å². The minimum atomic E-state index is 4.50. The average Bonchev–Trinajstić information content (AvgIpc) is 1.81. The predicted molar refractivity (Wildman–Crippen MR) is 11.8 cm³/mol. The van der Waals surface area contributed by atoms with Gasteiger partial charge in [-0.15, -0.1) is 0 Å². The molecule has 6 heavy (non-hydrogen) atoms. The SMILES string of the molecule is [C-]#[O+].[C-]#[O+].[C-]#[O+]. The third-order valence-corrected chi connectivity index (χ3v) is 0. The summed E-state index contributed by atoms with van der Waals surface area (Å²) in [6.45, 7) is 13.5. The minimum absolute atomic E-state index is 4.50. The zero-order valence-electron chi connectivity index (χ0n) is 2.72. The second-order valence-corrected chi connectivity index (χ2v) is 0. The molecule has 0 aromatic carbocycles. The summed E-state index contributed by atoms with van der Waals surface area (Å²) in [7, 11) is 0. The monoisotopic (exact) mass is 84.0 g/mol. The van der Waals surface area contributed by atoms with E-state index in [1.54, 1.807) is 0 Å². The molecule has 0 atom stereocenters. The van der Waals surface area contributed by atoms with Crippen molar-refractivity contribution in [3.63, 3.8) is 0 Å². The number of hydrogen-bond acceptors (Lipinski definition) is 0. The molecule has 3 nitrogen and oxygen atoms in total. The van der Waals surface area contributed by atoms with Gasteiger partial charge in [-0.3, -0.25) is 0 Å². The fraction of sp³-hybridized carbons (Fsp3) is 0. The van der Waals surface area contributed by atoms with E-state index in [4.69, 9.17) is 14.0 Å². The first-order valence-electron chi connectivity index (χ1n) is 0.612. The fourth-order valence-corrected chi connectivity index (χ4v) is 0. The van der Waals surface area contributed by atoms with E-state index in [0.29, 0.717) is 0 Å². The van der Waals surface area contributed by atoms with Crippen LogP contribution in [0.3, 0.4) is 0 Å². The Morgan fingerprint density at radius 2 is 0.500 bits per heavy atom. The van der Waals surface area contributed by atoms with Gasteiger partial charge in [0.1, 0.15) is 0 Å². The van der Waals surface area contributed by atoms with E-state index in [1.165, 1.54) is 0 Å². The topological polar surface area (TPSA) is 59.7 Å². The van der Waals surface area contributed by atoms with Crippen LogP contribution in [0.1, 0.15) is 0 Å². The van der Waals surface area contributed by atoms with Crippen LogP contribution in [0, 0.1) is 20.0 Å². The molecule has 0 amide bonds. The van der Waals surface area contributed by atoms with Crippen molar-refractivity contribution >= 4 is 0 Å². The Hall–Kier alpha value is -0.780. The number of rotatable bonds is 0. The Kier molecular flexibility index (Phi) is 226. The molecule has 0 aliphatic heterocycles. The molecule has 30 valence electrons. The summed E-state index contributed by atoms with van der Waals surface area (Å²) < 4.78 is 22.5.